The quantitative estimate of drug-likeness (QED) is 0.610. The summed E-state index contributed by atoms with van der Waals surface area (Å²) in [6.45, 7) is 1.93. The number of hydrogen-bond donors (Lipinski definition) is 1. The zero-order valence-electron chi connectivity index (χ0n) is 2.41. The first-order valence-electron chi connectivity index (χ1n) is 1.02. The molecule has 1 N–H and O–H groups in total. The summed E-state index contributed by atoms with van der Waals surface area (Å²) in [5.41, 5.74) is 0. The van der Waals surface area contributed by atoms with Gasteiger partial charge in [-0.3, -0.25) is 0 Å². The molecule has 0 aliphatic rings. The SMILES string of the molecule is CCO.[Lu]. The predicted molar refractivity (Wildman–Crippen MR) is 12.8 cm³/mol. The molecule has 0 aliphatic heterocycles. The average Bonchev–Trinajstić information content (AvgIpc) is 0.918. The van der Waals surface area contributed by atoms with Gasteiger partial charge >= 0.3 is 0 Å². The molecule has 0 unspecified atom stereocenters. The monoisotopic (exact) mass is 221 g/mol. The van der Waals surface area contributed by atoms with Crippen LogP contribution in [0.15, 0.2) is 0 Å². The second-order valence-electron chi connectivity index (χ2n) is 0.316. The van der Waals surface area contributed by atoms with Gasteiger partial charge in [-0.05, 0) is 6.92 Å². The summed E-state index contributed by atoms with van der Waals surface area (Å²) in [5.74, 6) is 0. The minimum atomic E-state index is 0. The van der Waals surface area contributed by atoms with Gasteiger partial charge in [-0.2, -0.15) is 0 Å². The van der Waals surface area contributed by atoms with Crippen molar-refractivity contribution in [2.75, 3.05) is 6.61 Å². The topological polar surface area (TPSA) is 20.2 Å². The van der Waals surface area contributed by atoms with Crippen LogP contribution in [0.4, 0.5) is 0 Å². The van der Waals surface area contributed by atoms with E-state index < -0.39 is 0 Å². The van der Waals surface area contributed by atoms with Crippen molar-refractivity contribution in [1.82, 2.24) is 0 Å². The molecule has 0 atom stereocenters. The summed E-state index contributed by atoms with van der Waals surface area (Å²) in [6.07, 6.45) is 0. The molecule has 0 rings (SSSR count). The molecule has 4 heavy (non-hydrogen) atoms. The summed E-state index contributed by atoms with van der Waals surface area (Å²) in [7, 11) is 0. The molecule has 2 heteroatoms. The molecule has 35 valence electrons. The van der Waals surface area contributed by atoms with Gasteiger partial charge in [-0.1, -0.05) is 0 Å². The van der Waals surface area contributed by atoms with Crippen molar-refractivity contribution in [3.8, 4) is 0 Å². The Labute approximate surface area is 55.2 Å². The third-order valence-electron chi connectivity index (χ3n) is 0. The van der Waals surface area contributed by atoms with Gasteiger partial charge < -0.3 is 5.11 Å². The molecular weight excluding hydrogens is 215 g/mol. The molecule has 0 fully saturated rings. The molecular formula is C2H6LuO. The first-order chi connectivity index (χ1) is 1.41. The van der Waals surface area contributed by atoms with Gasteiger partial charge in [-0.25, -0.2) is 0 Å². The van der Waals surface area contributed by atoms with Crippen molar-refractivity contribution in [2.45, 2.75) is 6.92 Å². The minimum Gasteiger partial charge on any atom is -0.397 e. The van der Waals surface area contributed by atoms with Gasteiger partial charge in [0.2, 0.25) is 0 Å². The summed E-state index contributed by atoms with van der Waals surface area (Å²) >= 11 is 0. The Morgan fingerprint density at radius 2 is 1.75 bits per heavy atom. The molecule has 0 aliphatic carbocycles. The van der Waals surface area contributed by atoms with Gasteiger partial charge in [0.15, 0.2) is 0 Å². The Morgan fingerprint density at radius 1 is 1.75 bits per heavy atom. The number of rotatable bonds is 0. The molecule has 1 radical (unpaired) electrons. The molecule has 0 aromatic carbocycles. The molecule has 1 nitrogen and oxygen atoms in total. The van der Waals surface area contributed by atoms with Crippen molar-refractivity contribution in [3.63, 3.8) is 0 Å². The van der Waals surface area contributed by atoms with E-state index in [0.29, 0.717) is 0 Å². The van der Waals surface area contributed by atoms with E-state index in [1.54, 1.807) is 6.92 Å². The van der Waals surface area contributed by atoms with Crippen molar-refractivity contribution in [3.05, 3.63) is 0 Å². The number of hydrogen-bond acceptors (Lipinski definition) is 1. The smallest absolute Gasteiger partial charge is 0.0402 e. The molecule has 0 spiro atoms. The van der Waals surface area contributed by atoms with Crippen LogP contribution in [0.1, 0.15) is 6.92 Å². The summed E-state index contributed by atoms with van der Waals surface area (Å²) < 4.78 is 0. The Kier molecular flexibility index (Phi) is 19.9. The summed E-state index contributed by atoms with van der Waals surface area (Å²) in [4.78, 5) is 0. The second kappa shape index (κ2) is 8.89. The fraction of sp³-hybridized carbons (Fsp3) is 1.00. The van der Waals surface area contributed by atoms with Crippen LogP contribution < -0.4 is 0 Å². The van der Waals surface area contributed by atoms with Crippen LogP contribution in [-0.4, -0.2) is 11.7 Å². The van der Waals surface area contributed by atoms with E-state index >= 15 is 0 Å². The van der Waals surface area contributed by atoms with Crippen LogP contribution in [0.5, 0.6) is 0 Å². The van der Waals surface area contributed by atoms with Crippen molar-refractivity contribution >= 4 is 0 Å². The van der Waals surface area contributed by atoms with E-state index in [1.165, 1.54) is 0 Å². The molecule has 0 heterocycles. The number of aliphatic hydroxyl groups excluding tert-OH is 1. The Balaban J connectivity index is 0. The van der Waals surface area contributed by atoms with Crippen molar-refractivity contribution in [1.29, 1.82) is 0 Å². The van der Waals surface area contributed by atoms with Crippen molar-refractivity contribution < 1.29 is 42.0 Å². The molecule has 0 saturated carbocycles. The maximum absolute atomic E-state index is 7.57. The Hall–Kier alpha value is 1.19. The van der Waals surface area contributed by atoms with Gasteiger partial charge in [0, 0.05) is 43.5 Å². The van der Waals surface area contributed by atoms with Crippen LogP contribution in [0.2, 0.25) is 0 Å². The molecule has 0 aromatic heterocycles. The zero-order chi connectivity index (χ0) is 2.71. The average molecular weight is 221 g/mol. The van der Waals surface area contributed by atoms with Crippen LogP contribution in [0.25, 0.3) is 0 Å². The van der Waals surface area contributed by atoms with Crippen LogP contribution >= 0.6 is 0 Å². The summed E-state index contributed by atoms with van der Waals surface area (Å²) in [5, 5.41) is 7.57. The minimum absolute atomic E-state index is 0. The van der Waals surface area contributed by atoms with Gasteiger partial charge in [0.25, 0.3) is 0 Å². The predicted octanol–water partition coefficient (Wildman–Crippen LogP) is -0.00140. The largest absolute Gasteiger partial charge is 0.397 e. The van der Waals surface area contributed by atoms with E-state index in [1.807, 2.05) is 0 Å². The second-order valence-corrected chi connectivity index (χ2v) is 0.316. The fourth-order valence-corrected chi connectivity index (χ4v) is 0. The third-order valence-corrected chi connectivity index (χ3v) is 0. The number of aliphatic hydroxyl groups is 1. The van der Waals surface area contributed by atoms with E-state index in [0.717, 1.165) is 0 Å². The van der Waals surface area contributed by atoms with E-state index in [-0.39, 0.29) is 43.5 Å². The summed E-state index contributed by atoms with van der Waals surface area (Å²) in [6, 6.07) is 0. The van der Waals surface area contributed by atoms with Gasteiger partial charge in [-0.15, -0.1) is 0 Å². The molecule has 0 aromatic rings. The van der Waals surface area contributed by atoms with Gasteiger partial charge in [0.05, 0.1) is 0 Å². The van der Waals surface area contributed by atoms with Crippen molar-refractivity contribution in [2.24, 2.45) is 0 Å². The van der Waals surface area contributed by atoms with E-state index in [4.69, 9.17) is 5.11 Å². The molecule has 0 amide bonds. The molecule has 0 bridgehead atoms. The normalized spacial score (nSPS) is 4.50. The maximum Gasteiger partial charge on any atom is 0.0402 e. The van der Waals surface area contributed by atoms with E-state index in [9.17, 15) is 0 Å². The van der Waals surface area contributed by atoms with Crippen LogP contribution in [0, 0.1) is 36.9 Å². The molecule has 0 saturated heterocycles. The standard InChI is InChI=1S/C2H6O.Lu/c1-2-3;/h3H,2H2,1H3;. The first kappa shape index (κ1) is 8.96. The zero-order valence-corrected chi connectivity index (χ0v) is 4.07. The van der Waals surface area contributed by atoms with Crippen LogP contribution in [-0.2, 0) is 0 Å². The van der Waals surface area contributed by atoms with E-state index in [2.05, 4.69) is 0 Å². The Morgan fingerprint density at radius 3 is 1.75 bits per heavy atom. The van der Waals surface area contributed by atoms with Gasteiger partial charge in [0.1, 0.15) is 0 Å². The van der Waals surface area contributed by atoms with Crippen LogP contribution in [0.3, 0.4) is 0 Å². The third kappa shape index (κ3) is 10.8. The Bertz CT molecular complexity index is 6.00. The first-order valence-corrected chi connectivity index (χ1v) is 1.02. The fourth-order valence-electron chi connectivity index (χ4n) is 0. The maximum atomic E-state index is 7.57.